The number of nitrogens with zero attached hydrogens (tertiary/aromatic N) is 2. The molecule has 2 heterocycles. The fourth-order valence-corrected chi connectivity index (χ4v) is 3.93. The summed E-state index contributed by atoms with van der Waals surface area (Å²) in [6, 6.07) is 17.3. The van der Waals surface area contributed by atoms with Crippen molar-refractivity contribution in [1.82, 2.24) is 15.2 Å². The Kier molecular flexibility index (Phi) is 5.67. The minimum atomic E-state index is -4.41. The Morgan fingerprint density at radius 3 is 2.45 bits per heavy atom. The summed E-state index contributed by atoms with van der Waals surface area (Å²) in [4.78, 5) is 19.3. The Balaban J connectivity index is 1.65. The largest absolute Gasteiger partial charge is 0.416 e. The summed E-state index contributed by atoms with van der Waals surface area (Å²) in [7, 11) is 0. The summed E-state index contributed by atoms with van der Waals surface area (Å²) in [5.74, 6) is 0. The maximum Gasteiger partial charge on any atom is 0.416 e. The Bertz CT molecular complexity index is 1050. The number of amides is 2. The minimum Gasteiger partial charge on any atom is -0.331 e. The fraction of sp³-hybridized carbons (Fsp3) is 0.250. The molecule has 3 aromatic rings. The number of nitrogens with one attached hydrogen (secondary N) is 1. The van der Waals surface area contributed by atoms with E-state index in [4.69, 9.17) is 0 Å². The summed E-state index contributed by atoms with van der Waals surface area (Å²) in [5, 5.41) is 3.01. The normalized spacial score (nSPS) is 17.0. The molecule has 1 aromatic heterocycles. The molecule has 160 valence electrons. The zero-order valence-corrected chi connectivity index (χ0v) is 16.9. The van der Waals surface area contributed by atoms with E-state index in [0.717, 1.165) is 23.3 Å². The number of carbonyl (C=O) groups is 1. The molecule has 0 aliphatic carbocycles. The van der Waals surface area contributed by atoms with E-state index in [9.17, 15) is 18.0 Å². The Morgan fingerprint density at radius 1 is 1.06 bits per heavy atom. The van der Waals surface area contributed by atoms with Gasteiger partial charge in [-0.05, 0) is 48.2 Å². The molecule has 0 radical (unpaired) electrons. The SMILES string of the molecule is C[C@@H](NC(=O)N1CCc2cccnc2C1c1ccc(C(F)(F)F)cc1)c1ccccc1. The minimum absolute atomic E-state index is 0.216. The van der Waals surface area contributed by atoms with E-state index in [1.54, 1.807) is 11.1 Å². The van der Waals surface area contributed by atoms with Crippen LogP contribution < -0.4 is 5.32 Å². The lowest BCUT2D eigenvalue weighted by molar-refractivity contribution is -0.137. The van der Waals surface area contributed by atoms with Crippen LogP contribution in [0.1, 0.15) is 47.0 Å². The Morgan fingerprint density at radius 2 is 1.77 bits per heavy atom. The number of urea groups is 1. The van der Waals surface area contributed by atoms with E-state index in [1.807, 2.05) is 49.4 Å². The summed E-state index contributed by atoms with van der Waals surface area (Å²) >= 11 is 0. The molecular weight excluding hydrogens is 403 g/mol. The smallest absolute Gasteiger partial charge is 0.331 e. The van der Waals surface area contributed by atoms with Gasteiger partial charge in [-0.25, -0.2) is 4.79 Å². The number of fused-ring (bicyclic) bond motifs is 1. The lowest BCUT2D eigenvalue weighted by Crippen LogP contribution is -2.47. The standard InChI is InChI=1S/C24H22F3N3O/c1-16(17-6-3-2-4-7-17)29-23(31)30-15-13-18-8-5-14-28-21(18)22(30)19-9-11-20(12-10-19)24(25,26)27/h2-12,14,16,22H,13,15H2,1H3,(H,29,31)/t16-,22?/m1/s1. The number of benzene rings is 2. The first-order valence-electron chi connectivity index (χ1n) is 10.1. The van der Waals surface area contributed by atoms with Gasteiger partial charge in [-0.3, -0.25) is 4.98 Å². The maximum absolute atomic E-state index is 13.2. The van der Waals surface area contributed by atoms with Crippen LogP contribution >= 0.6 is 0 Å². The predicted molar refractivity (Wildman–Crippen MR) is 111 cm³/mol. The molecule has 4 rings (SSSR count). The number of pyridine rings is 1. The summed E-state index contributed by atoms with van der Waals surface area (Å²) in [6.45, 7) is 2.34. The van der Waals surface area contributed by atoms with Crippen molar-refractivity contribution in [1.29, 1.82) is 0 Å². The molecule has 7 heteroatoms. The molecule has 0 bridgehead atoms. The molecular formula is C24H22F3N3O. The molecule has 2 atom stereocenters. The highest BCUT2D eigenvalue weighted by molar-refractivity contribution is 5.76. The van der Waals surface area contributed by atoms with Gasteiger partial charge < -0.3 is 10.2 Å². The van der Waals surface area contributed by atoms with Gasteiger partial charge in [0.2, 0.25) is 0 Å². The average molecular weight is 425 g/mol. The molecule has 31 heavy (non-hydrogen) atoms. The molecule has 0 fully saturated rings. The number of alkyl halides is 3. The van der Waals surface area contributed by atoms with Crippen molar-refractivity contribution >= 4 is 6.03 Å². The van der Waals surface area contributed by atoms with Crippen molar-refractivity contribution in [3.05, 3.63) is 101 Å². The van der Waals surface area contributed by atoms with Gasteiger partial charge >= 0.3 is 12.2 Å². The quantitative estimate of drug-likeness (QED) is 0.601. The lowest BCUT2D eigenvalue weighted by atomic mass is 9.92. The van der Waals surface area contributed by atoms with Crippen LogP contribution in [0.3, 0.4) is 0 Å². The Labute approximate surface area is 178 Å². The second-order valence-electron chi connectivity index (χ2n) is 7.60. The first-order valence-corrected chi connectivity index (χ1v) is 10.1. The van der Waals surface area contributed by atoms with Crippen molar-refractivity contribution in [3.8, 4) is 0 Å². The number of carbonyl (C=O) groups excluding carboxylic acids is 1. The Hall–Kier alpha value is -3.35. The van der Waals surface area contributed by atoms with Gasteiger partial charge in [0.1, 0.15) is 6.04 Å². The third-order valence-corrected chi connectivity index (χ3v) is 5.57. The van der Waals surface area contributed by atoms with Gasteiger partial charge in [0.15, 0.2) is 0 Å². The molecule has 1 aliphatic rings. The second-order valence-corrected chi connectivity index (χ2v) is 7.60. The number of hydrogen-bond acceptors (Lipinski definition) is 2. The van der Waals surface area contributed by atoms with E-state index >= 15 is 0 Å². The molecule has 0 saturated carbocycles. The lowest BCUT2D eigenvalue weighted by Gasteiger charge is -2.37. The van der Waals surface area contributed by atoms with E-state index in [1.165, 1.54) is 12.1 Å². The van der Waals surface area contributed by atoms with Crippen LogP contribution in [0.2, 0.25) is 0 Å². The van der Waals surface area contributed by atoms with Gasteiger partial charge in [-0.15, -0.1) is 0 Å². The third kappa shape index (κ3) is 4.40. The first kappa shape index (κ1) is 20.9. The summed E-state index contributed by atoms with van der Waals surface area (Å²) in [5.41, 5.74) is 2.53. The zero-order valence-electron chi connectivity index (χ0n) is 16.9. The average Bonchev–Trinajstić information content (AvgIpc) is 2.78. The molecule has 2 aromatic carbocycles. The van der Waals surface area contributed by atoms with Crippen LogP contribution in [0.5, 0.6) is 0 Å². The summed E-state index contributed by atoms with van der Waals surface area (Å²) in [6.07, 6.45) is -2.14. The fourth-order valence-electron chi connectivity index (χ4n) is 3.93. The highest BCUT2D eigenvalue weighted by atomic mass is 19.4. The van der Waals surface area contributed by atoms with Crippen molar-refractivity contribution in [2.45, 2.75) is 31.6 Å². The van der Waals surface area contributed by atoms with Crippen LogP contribution in [0, 0.1) is 0 Å². The molecule has 0 saturated heterocycles. The highest BCUT2D eigenvalue weighted by Gasteiger charge is 2.35. The topological polar surface area (TPSA) is 45.2 Å². The van der Waals surface area contributed by atoms with Crippen molar-refractivity contribution in [3.63, 3.8) is 0 Å². The van der Waals surface area contributed by atoms with Gasteiger partial charge in [-0.2, -0.15) is 13.2 Å². The molecule has 1 aliphatic heterocycles. The van der Waals surface area contributed by atoms with Crippen molar-refractivity contribution in [2.75, 3.05) is 6.54 Å². The molecule has 1 unspecified atom stereocenters. The van der Waals surface area contributed by atoms with Gasteiger partial charge in [0.25, 0.3) is 0 Å². The highest BCUT2D eigenvalue weighted by Crippen LogP contribution is 2.36. The molecule has 2 amide bonds. The maximum atomic E-state index is 13.2. The van der Waals surface area contributed by atoms with Crippen LogP contribution in [-0.2, 0) is 12.6 Å². The number of rotatable bonds is 3. The van der Waals surface area contributed by atoms with Gasteiger partial charge in [0.05, 0.1) is 17.3 Å². The molecule has 4 nitrogen and oxygen atoms in total. The predicted octanol–water partition coefficient (Wildman–Crippen LogP) is 5.52. The molecule has 0 spiro atoms. The van der Waals surface area contributed by atoms with Gasteiger partial charge in [0, 0.05) is 12.7 Å². The zero-order chi connectivity index (χ0) is 22.0. The van der Waals surface area contributed by atoms with Crippen LogP contribution in [0.25, 0.3) is 0 Å². The van der Waals surface area contributed by atoms with E-state index in [2.05, 4.69) is 10.3 Å². The second kappa shape index (κ2) is 8.41. The van der Waals surface area contributed by atoms with E-state index in [0.29, 0.717) is 24.2 Å². The summed E-state index contributed by atoms with van der Waals surface area (Å²) < 4.78 is 39.1. The van der Waals surface area contributed by atoms with Crippen LogP contribution in [0.15, 0.2) is 72.9 Å². The number of aromatic nitrogens is 1. The van der Waals surface area contributed by atoms with Crippen LogP contribution in [0.4, 0.5) is 18.0 Å². The van der Waals surface area contributed by atoms with Gasteiger partial charge in [-0.1, -0.05) is 48.5 Å². The van der Waals surface area contributed by atoms with Crippen molar-refractivity contribution in [2.24, 2.45) is 0 Å². The first-order chi connectivity index (χ1) is 14.8. The molecule has 1 N–H and O–H groups in total. The van der Waals surface area contributed by atoms with Crippen LogP contribution in [-0.4, -0.2) is 22.5 Å². The third-order valence-electron chi connectivity index (χ3n) is 5.57. The number of hydrogen-bond donors (Lipinski definition) is 1. The van der Waals surface area contributed by atoms with E-state index in [-0.39, 0.29) is 12.1 Å². The number of halogens is 3. The van der Waals surface area contributed by atoms with E-state index < -0.39 is 17.8 Å². The van der Waals surface area contributed by atoms with Crippen molar-refractivity contribution < 1.29 is 18.0 Å². The monoisotopic (exact) mass is 425 g/mol.